The van der Waals surface area contributed by atoms with Crippen LogP contribution in [0.15, 0.2) is 42.6 Å². The number of carbonyl (C=O) groups excluding carboxylic acids is 1. The van der Waals surface area contributed by atoms with E-state index in [1.165, 1.54) is 11.1 Å². The third-order valence-electron chi connectivity index (χ3n) is 6.56. The van der Waals surface area contributed by atoms with E-state index in [1.807, 2.05) is 36.1 Å². The van der Waals surface area contributed by atoms with E-state index >= 15 is 0 Å². The Kier molecular flexibility index (Phi) is 5.67. The molecule has 0 spiro atoms. The second-order valence-electron chi connectivity index (χ2n) is 8.34. The van der Waals surface area contributed by atoms with Gasteiger partial charge in [0.05, 0.1) is 30.9 Å². The maximum Gasteiger partial charge on any atom is 0.255 e. The molecule has 0 aliphatic carbocycles. The van der Waals surface area contributed by atoms with E-state index in [-0.39, 0.29) is 37.1 Å². The number of carbonyl (C=O) groups is 1. The number of aromatic nitrogens is 1. The topological polar surface area (TPSA) is 76.9 Å². The van der Waals surface area contributed by atoms with Gasteiger partial charge in [-0.15, -0.1) is 0 Å². The standard InChI is InChI=1S/C23H29N3O3/c1-15-5-3-4-6-20(15)22-21-12-25(19(13-27)14-28)10-18(21)11-26(22)23(29)17-8-7-16(2)24-9-17/h3-9,18-19,21-22,27-28H,10-14H2,1-2H3/t18-,21-,22+/m0/s1. The molecule has 154 valence electrons. The van der Waals surface area contributed by atoms with Crippen molar-refractivity contribution < 1.29 is 15.0 Å². The molecular weight excluding hydrogens is 366 g/mol. The van der Waals surface area contributed by atoms with Crippen LogP contribution >= 0.6 is 0 Å². The first-order valence-corrected chi connectivity index (χ1v) is 10.3. The van der Waals surface area contributed by atoms with Crippen molar-refractivity contribution in [2.45, 2.75) is 25.9 Å². The number of rotatable bonds is 5. The fourth-order valence-electron chi connectivity index (χ4n) is 4.95. The minimum Gasteiger partial charge on any atom is -0.395 e. The second-order valence-corrected chi connectivity index (χ2v) is 8.34. The van der Waals surface area contributed by atoms with Crippen LogP contribution in [0.25, 0.3) is 0 Å². The third-order valence-corrected chi connectivity index (χ3v) is 6.56. The molecule has 1 amide bonds. The lowest BCUT2D eigenvalue weighted by Gasteiger charge is -2.32. The van der Waals surface area contributed by atoms with Crippen LogP contribution < -0.4 is 0 Å². The first-order valence-electron chi connectivity index (χ1n) is 10.3. The molecule has 29 heavy (non-hydrogen) atoms. The van der Waals surface area contributed by atoms with Crippen molar-refractivity contribution in [1.82, 2.24) is 14.8 Å². The molecule has 2 saturated heterocycles. The van der Waals surface area contributed by atoms with Crippen molar-refractivity contribution in [2.75, 3.05) is 32.8 Å². The maximum atomic E-state index is 13.4. The van der Waals surface area contributed by atoms with Gasteiger partial charge in [-0.2, -0.15) is 0 Å². The Morgan fingerprint density at radius 1 is 1.10 bits per heavy atom. The van der Waals surface area contributed by atoms with Gasteiger partial charge in [-0.05, 0) is 43.0 Å². The molecule has 0 bridgehead atoms. The van der Waals surface area contributed by atoms with Crippen LogP contribution in [-0.4, -0.2) is 69.8 Å². The second kappa shape index (κ2) is 8.22. The monoisotopic (exact) mass is 395 g/mol. The molecule has 2 aliphatic rings. The van der Waals surface area contributed by atoms with E-state index in [4.69, 9.17) is 0 Å². The number of hydrogen-bond donors (Lipinski definition) is 2. The lowest BCUT2D eigenvalue weighted by molar-refractivity contribution is 0.0619. The molecule has 1 aromatic carbocycles. The van der Waals surface area contributed by atoms with Crippen LogP contribution in [0.1, 0.15) is 33.2 Å². The summed E-state index contributed by atoms with van der Waals surface area (Å²) in [5.74, 6) is 0.620. The highest BCUT2D eigenvalue weighted by atomic mass is 16.3. The number of fused-ring (bicyclic) bond motifs is 1. The Morgan fingerprint density at radius 2 is 1.86 bits per heavy atom. The van der Waals surface area contributed by atoms with E-state index in [2.05, 4.69) is 28.9 Å². The molecule has 3 atom stereocenters. The molecule has 6 nitrogen and oxygen atoms in total. The Hall–Kier alpha value is -2.28. The van der Waals surface area contributed by atoms with Crippen LogP contribution in [0.4, 0.5) is 0 Å². The molecule has 6 heteroatoms. The van der Waals surface area contributed by atoms with Crippen molar-refractivity contribution >= 4 is 5.91 Å². The van der Waals surface area contributed by atoms with Gasteiger partial charge in [0.15, 0.2) is 0 Å². The average Bonchev–Trinajstić information content (AvgIpc) is 3.28. The minimum atomic E-state index is -0.233. The zero-order chi connectivity index (χ0) is 20.5. The summed E-state index contributed by atoms with van der Waals surface area (Å²) in [5.41, 5.74) is 3.87. The van der Waals surface area contributed by atoms with Crippen molar-refractivity contribution in [1.29, 1.82) is 0 Å². The van der Waals surface area contributed by atoms with Crippen molar-refractivity contribution in [3.05, 3.63) is 65.0 Å². The fourth-order valence-corrected chi connectivity index (χ4v) is 4.95. The Labute approximate surface area is 171 Å². The van der Waals surface area contributed by atoms with E-state index < -0.39 is 0 Å². The van der Waals surface area contributed by atoms with Gasteiger partial charge in [0.25, 0.3) is 5.91 Å². The number of nitrogens with zero attached hydrogens (tertiary/aromatic N) is 3. The average molecular weight is 396 g/mol. The van der Waals surface area contributed by atoms with Gasteiger partial charge in [-0.25, -0.2) is 0 Å². The smallest absolute Gasteiger partial charge is 0.255 e. The first kappa shape index (κ1) is 20.0. The normalized spacial score (nSPS) is 24.3. The molecule has 0 unspecified atom stereocenters. The van der Waals surface area contributed by atoms with Crippen LogP contribution in [0, 0.1) is 25.7 Å². The van der Waals surface area contributed by atoms with Crippen LogP contribution in [0.2, 0.25) is 0 Å². The molecule has 0 radical (unpaired) electrons. The predicted octanol–water partition coefficient (Wildman–Crippen LogP) is 1.80. The number of hydrogen-bond acceptors (Lipinski definition) is 5. The number of likely N-dealkylation sites (tertiary alicyclic amines) is 2. The van der Waals surface area contributed by atoms with Crippen molar-refractivity contribution in [2.24, 2.45) is 11.8 Å². The van der Waals surface area contributed by atoms with Crippen molar-refractivity contribution in [3.8, 4) is 0 Å². The zero-order valence-electron chi connectivity index (χ0n) is 17.0. The van der Waals surface area contributed by atoms with Crippen molar-refractivity contribution in [3.63, 3.8) is 0 Å². The van der Waals surface area contributed by atoms with Crippen LogP contribution in [0.3, 0.4) is 0 Å². The number of aliphatic hydroxyl groups is 2. The van der Waals surface area contributed by atoms with E-state index in [0.29, 0.717) is 18.0 Å². The molecular formula is C23H29N3O3. The molecule has 2 aromatic rings. The maximum absolute atomic E-state index is 13.4. The number of pyridine rings is 1. The Balaban J connectivity index is 1.67. The highest BCUT2D eigenvalue weighted by molar-refractivity contribution is 5.94. The fraction of sp³-hybridized carbons (Fsp3) is 0.478. The molecule has 0 saturated carbocycles. The first-order chi connectivity index (χ1) is 14.0. The van der Waals surface area contributed by atoms with E-state index in [9.17, 15) is 15.0 Å². The lowest BCUT2D eigenvalue weighted by Crippen LogP contribution is -2.42. The Bertz CT molecular complexity index is 866. The van der Waals surface area contributed by atoms with E-state index in [0.717, 1.165) is 18.8 Å². The summed E-state index contributed by atoms with van der Waals surface area (Å²) in [6.45, 7) is 6.13. The largest absolute Gasteiger partial charge is 0.395 e. The van der Waals surface area contributed by atoms with Crippen LogP contribution in [-0.2, 0) is 0 Å². The summed E-state index contributed by atoms with van der Waals surface area (Å²) in [6.07, 6.45) is 1.67. The molecule has 2 N–H and O–H groups in total. The van der Waals surface area contributed by atoms with E-state index in [1.54, 1.807) is 6.20 Å². The molecule has 2 aliphatic heterocycles. The number of amides is 1. The number of benzene rings is 1. The molecule has 1 aromatic heterocycles. The summed E-state index contributed by atoms with van der Waals surface area (Å²) in [7, 11) is 0. The summed E-state index contributed by atoms with van der Waals surface area (Å²) >= 11 is 0. The highest BCUT2D eigenvalue weighted by Crippen LogP contribution is 2.46. The number of aryl methyl sites for hydroxylation is 2. The lowest BCUT2D eigenvalue weighted by atomic mass is 9.87. The van der Waals surface area contributed by atoms with Gasteiger partial charge in [-0.1, -0.05) is 24.3 Å². The molecule has 4 rings (SSSR count). The minimum absolute atomic E-state index is 0.0157. The Morgan fingerprint density at radius 3 is 2.52 bits per heavy atom. The van der Waals surface area contributed by atoms with Gasteiger partial charge < -0.3 is 15.1 Å². The summed E-state index contributed by atoms with van der Waals surface area (Å²) < 4.78 is 0. The van der Waals surface area contributed by atoms with Gasteiger partial charge in [-0.3, -0.25) is 14.7 Å². The summed E-state index contributed by atoms with van der Waals surface area (Å²) in [6, 6.07) is 11.7. The highest BCUT2D eigenvalue weighted by Gasteiger charge is 2.50. The van der Waals surface area contributed by atoms with Gasteiger partial charge >= 0.3 is 0 Å². The molecule has 2 fully saturated rings. The zero-order valence-corrected chi connectivity index (χ0v) is 17.0. The third kappa shape index (κ3) is 3.68. The van der Waals surface area contributed by atoms with Gasteiger partial charge in [0.2, 0.25) is 0 Å². The summed E-state index contributed by atoms with van der Waals surface area (Å²) in [5, 5.41) is 19.2. The van der Waals surface area contributed by atoms with Gasteiger partial charge in [0.1, 0.15) is 0 Å². The summed E-state index contributed by atoms with van der Waals surface area (Å²) in [4.78, 5) is 21.9. The quantitative estimate of drug-likeness (QED) is 0.807. The van der Waals surface area contributed by atoms with Gasteiger partial charge in [0, 0.05) is 37.4 Å². The number of aliphatic hydroxyl groups excluding tert-OH is 2. The molecule has 3 heterocycles. The predicted molar refractivity (Wildman–Crippen MR) is 110 cm³/mol. The SMILES string of the molecule is Cc1ccc(C(=O)N2C[C@@H]3CN(C(CO)CO)C[C@@H]3[C@H]2c2ccccc2C)cn1. The van der Waals surface area contributed by atoms with Crippen LogP contribution in [0.5, 0.6) is 0 Å².